The molecule has 1 rings (SSSR count). The molecule has 0 fully saturated rings. The Bertz CT molecular complexity index is 364. The smallest absolute Gasteiger partial charge is 0.253 e. The van der Waals surface area contributed by atoms with Gasteiger partial charge < -0.3 is 15.7 Å². The minimum Gasteiger partial charge on any atom is -0.396 e. The number of carbonyl (C=O) groups excluding carboxylic acids is 1. The summed E-state index contributed by atoms with van der Waals surface area (Å²) in [7, 11) is 0. The molecule has 0 aliphatic heterocycles. The van der Waals surface area contributed by atoms with E-state index >= 15 is 0 Å². The zero-order valence-corrected chi connectivity index (χ0v) is 10.4. The van der Waals surface area contributed by atoms with Crippen LogP contribution in [0.5, 0.6) is 0 Å². The normalized spacial score (nSPS) is 10.4. The first-order valence-electron chi connectivity index (χ1n) is 5.89. The number of hydrogen-bond acceptors (Lipinski definition) is 3. The van der Waals surface area contributed by atoms with Crippen molar-refractivity contribution in [3.05, 3.63) is 29.8 Å². The van der Waals surface area contributed by atoms with Crippen LogP contribution in [0.3, 0.4) is 0 Å². The van der Waals surface area contributed by atoms with Crippen LogP contribution in [-0.2, 0) is 0 Å². The lowest BCUT2D eigenvalue weighted by molar-refractivity contribution is 0.0952. The zero-order valence-electron chi connectivity index (χ0n) is 10.4. The van der Waals surface area contributed by atoms with Crippen LogP contribution in [0.25, 0.3) is 0 Å². The number of benzene rings is 1. The van der Waals surface area contributed by atoms with Gasteiger partial charge in [0, 0.05) is 24.9 Å². The summed E-state index contributed by atoms with van der Waals surface area (Å²) in [5, 5.41) is 14.7. The number of aliphatic hydroxyl groups is 1. The lowest BCUT2D eigenvalue weighted by Gasteiger charge is -2.14. The predicted molar refractivity (Wildman–Crippen MR) is 69.2 cm³/mol. The van der Waals surface area contributed by atoms with Crippen molar-refractivity contribution >= 4 is 11.6 Å². The Labute approximate surface area is 102 Å². The number of aliphatic hydroxyl groups excluding tert-OH is 1. The van der Waals surface area contributed by atoms with Crippen LogP contribution in [0, 0.1) is 0 Å². The summed E-state index contributed by atoms with van der Waals surface area (Å²) in [6.07, 6.45) is 0.575. The van der Waals surface area contributed by atoms with Gasteiger partial charge in [0.1, 0.15) is 0 Å². The molecule has 0 atom stereocenters. The minimum absolute atomic E-state index is 0.0895. The van der Waals surface area contributed by atoms with E-state index in [2.05, 4.69) is 10.6 Å². The van der Waals surface area contributed by atoms with Gasteiger partial charge in [-0.2, -0.15) is 0 Å². The van der Waals surface area contributed by atoms with Gasteiger partial charge in [0.05, 0.1) is 5.56 Å². The van der Waals surface area contributed by atoms with Crippen LogP contribution in [0.15, 0.2) is 24.3 Å². The summed E-state index contributed by atoms with van der Waals surface area (Å²) in [6.45, 7) is 4.64. The molecule has 1 amide bonds. The fourth-order valence-electron chi connectivity index (χ4n) is 1.49. The van der Waals surface area contributed by atoms with E-state index in [1.54, 1.807) is 6.07 Å². The van der Waals surface area contributed by atoms with Crippen molar-refractivity contribution in [3.63, 3.8) is 0 Å². The average Bonchev–Trinajstić information content (AvgIpc) is 2.29. The number of rotatable bonds is 6. The van der Waals surface area contributed by atoms with Gasteiger partial charge in [-0.25, -0.2) is 0 Å². The standard InChI is InChI=1S/C13H20N2O2/c1-10(2)15-12-7-4-3-6-11(12)13(17)14-8-5-9-16/h3-4,6-7,10,15-16H,5,8-9H2,1-2H3,(H,14,17). The predicted octanol–water partition coefficient (Wildman–Crippen LogP) is 1.62. The maximum Gasteiger partial charge on any atom is 0.253 e. The second kappa shape index (κ2) is 6.91. The Morgan fingerprint density at radius 3 is 2.71 bits per heavy atom. The fraction of sp³-hybridized carbons (Fsp3) is 0.462. The van der Waals surface area contributed by atoms with E-state index in [4.69, 9.17) is 5.11 Å². The van der Waals surface area contributed by atoms with Crippen LogP contribution >= 0.6 is 0 Å². The van der Waals surface area contributed by atoms with Crippen LogP contribution < -0.4 is 10.6 Å². The summed E-state index contributed by atoms with van der Waals surface area (Å²) in [5.74, 6) is -0.109. The summed E-state index contributed by atoms with van der Waals surface area (Å²) < 4.78 is 0. The van der Waals surface area contributed by atoms with Crippen molar-refractivity contribution in [2.45, 2.75) is 26.3 Å². The van der Waals surface area contributed by atoms with E-state index in [0.717, 1.165) is 5.69 Å². The van der Waals surface area contributed by atoms with Crippen LogP contribution in [0.1, 0.15) is 30.6 Å². The van der Waals surface area contributed by atoms with E-state index in [0.29, 0.717) is 18.5 Å². The molecule has 0 bridgehead atoms. The first kappa shape index (κ1) is 13.5. The highest BCUT2D eigenvalue weighted by Crippen LogP contribution is 2.15. The maximum absolute atomic E-state index is 11.9. The number of carbonyl (C=O) groups is 1. The Hall–Kier alpha value is -1.55. The Morgan fingerprint density at radius 1 is 1.35 bits per heavy atom. The number of nitrogens with one attached hydrogen (secondary N) is 2. The molecule has 0 spiro atoms. The Morgan fingerprint density at radius 2 is 2.06 bits per heavy atom. The second-order valence-corrected chi connectivity index (χ2v) is 4.18. The van der Waals surface area contributed by atoms with Gasteiger partial charge in [-0.1, -0.05) is 12.1 Å². The first-order valence-corrected chi connectivity index (χ1v) is 5.89. The molecule has 1 aromatic rings. The first-order chi connectivity index (χ1) is 8.15. The lowest BCUT2D eigenvalue weighted by atomic mass is 10.1. The van der Waals surface area contributed by atoms with Crippen molar-refractivity contribution in [3.8, 4) is 0 Å². The Balaban J connectivity index is 2.71. The molecule has 0 saturated heterocycles. The van der Waals surface area contributed by atoms with Crippen molar-refractivity contribution < 1.29 is 9.90 Å². The highest BCUT2D eigenvalue weighted by Gasteiger charge is 2.10. The van der Waals surface area contributed by atoms with Crippen molar-refractivity contribution in [2.75, 3.05) is 18.5 Å². The van der Waals surface area contributed by atoms with Crippen LogP contribution in [-0.4, -0.2) is 30.2 Å². The van der Waals surface area contributed by atoms with Crippen molar-refractivity contribution in [2.24, 2.45) is 0 Å². The topological polar surface area (TPSA) is 61.4 Å². The van der Waals surface area contributed by atoms with E-state index in [1.807, 2.05) is 32.0 Å². The van der Waals surface area contributed by atoms with E-state index in [-0.39, 0.29) is 18.6 Å². The quantitative estimate of drug-likeness (QED) is 0.658. The molecule has 0 unspecified atom stereocenters. The monoisotopic (exact) mass is 236 g/mol. The summed E-state index contributed by atoms with van der Waals surface area (Å²) >= 11 is 0. The van der Waals surface area contributed by atoms with Crippen LogP contribution in [0.4, 0.5) is 5.69 Å². The maximum atomic E-state index is 11.9. The minimum atomic E-state index is -0.109. The third-order valence-electron chi connectivity index (χ3n) is 2.24. The second-order valence-electron chi connectivity index (χ2n) is 4.18. The van der Waals surface area contributed by atoms with E-state index in [9.17, 15) is 4.79 Å². The molecule has 0 aliphatic rings. The largest absolute Gasteiger partial charge is 0.396 e. The highest BCUT2D eigenvalue weighted by atomic mass is 16.3. The molecule has 0 radical (unpaired) electrons. The SMILES string of the molecule is CC(C)Nc1ccccc1C(=O)NCCCO. The molecule has 0 heterocycles. The molecule has 0 aliphatic carbocycles. The van der Waals surface area contributed by atoms with E-state index < -0.39 is 0 Å². The average molecular weight is 236 g/mol. The summed E-state index contributed by atoms with van der Waals surface area (Å²) in [5.41, 5.74) is 1.48. The molecule has 17 heavy (non-hydrogen) atoms. The zero-order chi connectivity index (χ0) is 12.7. The molecular formula is C13H20N2O2. The molecule has 94 valence electrons. The van der Waals surface area contributed by atoms with Gasteiger partial charge in [-0.05, 0) is 32.4 Å². The molecule has 0 saturated carbocycles. The number of para-hydroxylation sites is 1. The molecular weight excluding hydrogens is 216 g/mol. The van der Waals surface area contributed by atoms with Gasteiger partial charge in [-0.3, -0.25) is 4.79 Å². The van der Waals surface area contributed by atoms with Gasteiger partial charge in [0.15, 0.2) is 0 Å². The number of anilines is 1. The molecule has 3 N–H and O–H groups in total. The molecule has 1 aromatic carbocycles. The van der Waals surface area contributed by atoms with Gasteiger partial charge in [-0.15, -0.1) is 0 Å². The van der Waals surface area contributed by atoms with Crippen molar-refractivity contribution in [1.29, 1.82) is 0 Å². The molecule has 0 aromatic heterocycles. The molecule has 4 heteroatoms. The van der Waals surface area contributed by atoms with Gasteiger partial charge in [0.2, 0.25) is 0 Å². The van der Waals surface area contributed by atoms with E-state index in [1.165, 1.54) is 0 Å². The summed E-state index contributed by atoms with van der Waals surface area (Å²) in [6, 6.07) is 7.70. The molecule has 4 nitrogen and oxygen atoms in total. The van der Waals surface area contributed by atoms with Gasteiger partial charge >= 0.3 is 0 Å². The van der Waals surface area contributed by atoms with Crippen LogP contribution in [0.2, 0.25) is 0 Å². The Kier molecular flexibility index (Phi) is 5.49. The highest BCUT2D eigenvalue weighted by molar-refractivity contribution is 5.99. The third-order valence-corrected chi connectivity index (χ3v) is 2.24. The van der Waals surface area contributed by atoms with Gasteiger partial charge in [0.25, 0.3) is 5.91 Å². The number of hydrogen-bond donors (Lipinski definition) is 3. The fourth-order valence-corrected chi connectivity index (χ4v) is 1.49. The lowest BCUT2D eigenvalue weighted by Crippen LogP contribution is -2.26. The summed E-state index contributed by atoms with van der Waals surface area (Å²) in [4.78, 5) is 11.9. The van der Waals surface area contributed by atoms with Crippen molar-refractivity contribution in [1.82, 2.24) is 5.32 Å². The third kappa shape index (κ3) is 4.44. The number of amides is 1.